The van der Waals surface area contributed by atoms with Gasteiger partial charge in [-0.15, -0.1) is 0 Å². The van der Waals surface area contributed by atoms with Crippen LogP contribution in [0, 0.1) is 0 Å². The molecule has 1 fully saturated rings. The lowest BCUT2D eigenvalue weighted by Crippen LogP contribution is -2.31. The van der Waals surface area contributed by atoms with Crippen molar-refractivity contribution in [3.05, 3.63) is 36.0 Å². The summed E-state index contributed by atoms with van der Waals surface area (Å²) >= 11 is 0. The van der Waals surface area contributed by atoms with Crippen LogP contribution < -0.4 is 0 Å². The van der Waals surface area contributed by atoms with Crippen molar-refractivity contribution in [2.75, 3.05) is 7.05 Å². The molecule has 1 aliphatic rings. The maximum absolute atomic E-state index is 12.1. The second kappa shape index (κ2) is 4.67. The Bertz CT molecular complexity index is 685. The molecule has 0 unspecified atom stereocenters. The first-order valence-corrected chi connectivity index (χ1v) is 6.64. The zero-order chi connectivity index (χ0) is 14.3. The van der Waals surface area contributed by atoms with E-state index in [0.29, 0.717) is 6.04 Å². The van der Waals surface area contributed by atoms with Gasteiger partial charge in [-0.05, 0) is 36.4 Å². The van der Waals surface area contributed by atoms with Gasteiger partial charge in [-0.1, -0.05) is 6.07 Å². The summed E-state index contributed by atoms with van der Waals surface area (Å²) < 4.78 is 1.81. The molecule has 0 bridgehead atoms. The third-order valence-corrected chi connectivity index (χ3v) is 3.81. The molecular formula is C15H16N2O3. The number of benzene rings is 1. The van der Waals surface area contributed by atoms with Crippen LogP contribution in [0.1, 0.15) is 23.2 Å². The predicted molar refractivity (Wildman–Crippen MR) is 74.7 cm³/mol. The molecule has 1 aromatic heterocycles. The van der Waals surface area contributed by atoms with Crippen molar-refractivity contribution in [1.82, 2.24) is 9.47 Å². The lowest BCUT2D eigenvalue weighted by Gasteiger charge is -2.17. The number of rotatable bonds is 4. The standard InChI is InChI=1S/C15H16N2O3/c1-16(12-4-5-12)14(18)9-17-7-6-10-2-3-11(15(19)20)8-13(10)17/h2-3,6-8,12H,4-5,9H2,1H3,(H,19,20). The molecule has 0 spiro atoms. The zero-order valence-electron chi connectivity index (χ0n) is 11.2. The number of nitrogens with zero attached hydrogens (tertiary/aromatic N) is 2. The summed E-state index contributed by atoms with van der Waals surface area (Å²) in [4.78, 5) is 24.9. The smallest absolute Gasteiger partial charge is 0.335 e. The van der Waals surface area contributed by atoms with Gasteiger partial charge in [0.05, 0.1) is 5.56 Å². The van der Waals surface area contributed by atoms with Crippen LogP contribution in [0.25, 0.3) is 10.9 Å². The molecule has 1 aromatic carbocycles. The summed E-state index contributed by atoms with van der Waals surface area (Å²) in [6.45, 7) is 0.250. The highest BCUT2D eigenvalue weighted by Crippen LogP contribution is 2.26. The van der Waals surface area contributed by atoms with Gasteiger partial charge in [-0.3, -0.25) is 4.79 Å². The first-order chi connectivity index (χ1) is 9.56. The number of hydrogen-bond donors (Lipinski definition) is 1. The molecule has 0 radical (unpaired) electrons. The van der Waals surface area contributed by atoms with Crippen molar-refractivity contribution in [3.8, 4) is 0 Å². The third kappa shape index (κ3) is 2.27. The second-order valence-electron chi connectivity index (χ2n) is 5.26. The fraction of sp³-hybridized carbons (Fsp3) is 0.333. The molecule has 1 amide bonds. The number of carboxylic acid groups (broad SMARTS) is 1. The van der Waals surface area contributed by atoms with Gasteiger partial charge < -0.3 is 14.6 Å². The number of carboxylic acids is 1. The normalized spacial score (nSPS) is 14.4. The minimum Gasteiger partial charge on any atom is -0.478 e. The summed E-state index contributed by atoms with van der Waals surface area (Å²) in [6.07, 6.45) is 3.99. The molecule has 5 nitrogen and oxygen atoms in total. The lowest BCUT2D eigenvalue weighted by atomic mass is 10.1. The number of aromatic carboxylic acids is 1. The number of likely N-dealkylation sites (N-methyl/N-ethyl adjacent to an activating group) is 1. The third-order valence-electron chi connectivity index (χ3n) is 3.81. The molecule has 1 aliphatic carbocycles. The Morgan fingerprint density at radius 2 is 2.10 bits per heavy atom. The van der Waals surface area contributed by atoms with E-state index in [0.717, 1.165) is 23.7 Å². The monoisotopic (exact) mass is 272 g/mol. The van der Waals surface area contributed by atoms with E-state index in [1.165, 1.54) is 0 Å². The Labute approximate surface area is 116 Å². The molecule has 1 heterocycles. The lowest BCUT2D eigenvalue weighted by molar-refractivity contribution is -0.130. The van der Waals surface area contributed by atoms with Crippen LogP contribution in [0.4, 0.5) is 0 Å². The van der Waals surface area contributed by atoms with Gasteiger partial charge >= 0.3 is 5.97 Å². The largest absolute Gasteiger partial charge is 0.478 e. The maximum Gasteiger partial charge on any atom is 0.335 e. The first-order valence-electron chi connectivity index (χ1n) is 6.64. The Morgan fingerprint density at radius 1 is 1.35 bits per heavy atom. The highest BCUT2D eigenvalue weighted by atomic mass is 16.4. The average molecular weight is 272 g/mol. The Hall–Kier alpha value is -2.30. The summed E-state index contributed by atoms with van der Waals surface area (Å²) in [5.41, 5.74) is 1.02. The van der Waals surface area contributed by atoms with Crippen LogP contribution in [-0.4, -0.2) is 39.5 Å². The van der Waals surface area contributed by atoms with Gasteiger partial charge in [0.15, 0.2) is 0 Å². The van der Waals surface area contributed by atoms with Crippen LogP contribution in [-0.2, 0) is 11.3 Å². The number of amides is 1. The Kier molecular flexibility index (Phi) is 2.97. The Morgan fingerprint density at radius 3 is 2.75 bits per heavy atom. The SMILES string of the molecule is CN(C(=O)Cn1ccc2ccc(C(=O)O)cc21)C1CC1. The summed E-state index contributed by atoms with van der Waals surface area (Å²) in [5, 5.41) is 9.98. The van der Waals surface area contributed by atoms with E-state index in [4.69, 9.17) is 5.11 Å². The van der Waals surface area contributed by atoms with Crippen molar-refractivity contribution in [1.29, 1.82) is 0 Å². The van der Waals surface area contributed by atoms with Crippen LogP contribution in [0.5, 0.6) is 0 Å². The molecule has 5 heteroatoms. The number of carbonyl (C=O) groups excluding carboxylic acids is 1. The molecule has 1 saturated carbocycles. The number of hydrogen-bond acceptors (Lipinski definition) is 2. The van der Waals surface area contributed by atoms with E-state index < -0.39 is 5.97 Å². The van der Waals surface area contributed by atoms with Crippen molar-refractivity contribution in [2.45, 2.75) is 25.4 Å². The number of aromatic nitrogens is 1. The van der Waals surface area contributed by atoms with Crippen LogP contribution in [0.2, 0.25) is 0 Å². The fourth-order valence-corrected chi connectivity index (χ4v) is 2.38. The van der Waals surface area contributed by atoms with E-state index in [9.17, 15) is 9.59 Å². The molecule has 104 valence electrons. The Balaban J connectivity index is 1.88. The quantitative estimate of drug-likeness (QED) is 0.925. The molecule has 0 atom stereocenters. The molecule has 3 rings (SSSR count). The van der Waals surface area contributed by atoms with Crippen LogP contribution >= 0.6 is 0 Å². The summed E-state index contributed by atoms with van der Waals surface area (Å²) in [6, 6.07) is 7.24. The van der Waals surface area contributed by atoms with Crippen molar-refractivity contribution < 1.29 is 14.7 Å². The van der Waals surface area contributed by atoms with Gasteiger partial charge in [0, 0.05) is 24.8 Å². The van der Waals surface area contributed by atoms with Gasteiger partial charge in [-0.25, -0.2) is 4.79 Å². The fourth-order valence-electron chi connectivity index (χ4n) is 2.38. The van der Waals surface area contributed by atoms with Gasteiger partial charge in [0.2, 0.25) is 5.91 Å². The van der Waals surface area contributed by atoms with E-state index >= 15 is 0 Å². The van der Waals surface area contributed by atoms with Gasteiger partial charge in [-0.2, -0.15) is 0 Å². The minimum atomic E-state index is -0.957. The van der Waals surface area contributed by atoms with E-state index in [1.54, 1.807) is 23.1 Å². The highest BCUT2D eigenvalue weighted by molar-refractivity contribution is 5.94. The van der Waals surface area contributed by atoms with Crippen molar-refractivity contribution >= 4 is 22.8 Å². The topological polar surface area (TPSA) is 62.5 Å². The van der Waals surface area contributed by atoms with Gasteiger partial charge in [0.1, 0.15) is 6.54 Å². The molecule has 2 aromatic rings. The first kappa shape index (κ1) is 12.7. The summed E-state index contributed by atoms with van der Waals surface area (Å²) in [5.74, 6) is -0.896. The van der Waals surface area contributed by atoms with Crippen LogP contribution in [0.3, 0.4) is 0 Å². The zero-order valence-corrected chi connectivity index (χ0v) is 11.2. The molecule has 0 aliphatic heterocycles. The van der Waals surface area contributed by atoms with E-state index in [2.05, 4.69) is 0 Å². The minimum absolute atomic E-state index is 0.0609. The summed E-state index contributed by atoms with van der Waals surface area (Å²) in [7, 11) is 1.83. The highest BCUT2D eigenvalue weighted by Gasteiger charge is 2.29. The van der Waals surface area contributed by atoms with Crippen molar-refractivity contribution in [2.24, 2.45) is 0 Å². The number of fused-ring (bicyclic) bond motifs is 1. The van der Waals surface area contributed by atoms with Gasteiger partial charge in [0.25, 0.3) is 0 Å². The van der Waals surface area contributed by atoms with Crippen molar-refractivity contribution in [3.63, 3.8) is 0 Å². The molecule has 1 N–H and O–H groups in total. The molecule has 20 heavy (non-hydrogen) atoms. The average Bonchev–Trinajstić information content (AvgIpc) is 3.20. The predicted octanol–water partition coefficient (Wildman–Crippen LogP) is 1.96. The van der Waals surface area contributed by atoms with Crippen LogP contribution in [0.15, 0.2) is 30.5 Å². The van der Waals surface area contributed by atoms with E-state index in [-0.39, 0.29) is 18.0 Å². The number of carbonyl (C=O) groups is 2. The molecular weight excluding hydrogens is 256 g/mol. The van der Waals surface area contributed by atoms with E-state index in [1.807, 2.05) is 23.9 Å². The second-order valence-corrected chi connectivity index (χ2v) is 5.26. The molecule has 0 saturated heterocycles. The maximum atomic E-state index is 12.1.